The Hall–Kier alpha value is -2.46. The van der Waals surface area contributed by atoms with Gasteiger partial charge in [-0.1, -0.05) is 29.2 Å². The van der Waals surface area contributed by atoms with Crippen LogP contribution in [0.1, 0.15) is 16.1 Å². The van der Waals surface area contributed by atoms with Crippen molar-refractivity contribution in [2.75, 3.05) is 17.7 Å². The van der Waals surface area contributed by atoms with Crippen molar-refractivity contribution in [2.45, 2.75) is 25.4 Å². The molecule has 2 aromatic heterocycles. The molecule has 0 radical (unpaired) electrons. The lowest BCUT2D eigenvalue weighted by Crippen LogP contribution is -2.14. The monoisotopic (exact) mass is 404 g/mol. The molecule has 0 bridgehead atoms. The number of carbonyl (C=O) groups is 1. The fraction of sp³-hybridized carbons (Fsp3) is 0.353. The average molecular weight is 405 g/mol. The van der Waals surface area contributed by atoms with Crippen molar-refractivity contribution >= 4 is 34.1 Å². The maximum Gasteiger partial charge on any atom is 0.236 e. The van der Waals surface area contributed by atoms with E-state index in [4.69, 9.17) is 4.74 Å². The molecule has 142 valence electrons. The highest BCUT2D eigenvalue weighted by atomic mass is 32.2. The van der Waals surface area contributed by atoms with E-state index in [-0.39, 0.29) is 11.7 Å². The lowest BCUT2D eigenvalue weighted by atomic mass is 10.1. The molecule has 0 aliphatic heterocycles. The summed E-state index contributed by atoms with van der Waals surface area (Å²) in [7, 11) is 1.83. The Labute approximate surface area is 165 Å². The van der Waals surface area contributed by atoms with Crippen molar-refractivity contribution in [1.82, 2.24) is 25.0 Å². The van der Waals surface area contributed by atoms with Crippen LogP contribution in [0.2, 0.25) is 0 Å². The predicted octanol–water partition coefficient (Wildman–Crippen LogP) is 2.64. The van der Waals surface area contributed by atoms with E-state index >= 15 is 0 Å². The van der Waals surface area contributed by atoms with Gasteiger partial charge in [-0.2, -0.15) is 0 Å². The molecule has 0 aliphatic carbocycles. The minimum atomic E-state index is -0.155. The standard InChI is InChI=1S/C17H20N6O2S2/c1-11-4-5-13(8-12(11)2)25-7-6-15-20-21-16(27-15)19-14(24)9-26-17-22-18-10-23(17)3/h4-5,8,10H,6-7,9H2,1-3H3,(H,19,21,24). The van der Waals surface area contributed by atoms with Gasteiger partial charge in [0.1, 0.15) is 17.1 Å². The SMILES string of the molecule is Cc1ccc(OCCc2nnc(NC(=O)CSc3nncn3C)s2)cc1C. The Kier molecular flexibility index (Phi) is 6.40. The van der Waals surface area contributed by atoms with Gasteiger partial charge in [-0.05, 0) is 37.1 Å². The van der Waals surface area contributed by atoms with Gasteiger partial charge in [-0.3, -0.25) is 10.1 Å². The van der Waals surface area contributed by atoms with Gasteiger partial charge in [-0.15, -0.1) is 20.4 Å². The molecule has 1 amide bonds. The number of anilines is 1. The van der Waals surface area contributed by atoms with Crippen LogP contribution in [0.25, 0.3) is 0 Å². The van der Waals surface area contributed by atoms with Crippen molar-refractivity contribution in [3.8, 4) is 5.75 Å². The zero-order valence-electron chi connectivity index (χ0n) is 15.3. The topological polar surface area (TPSA) is 94.8 Å². The van der Waals surface area contributed by atoms with E-state index in [1.54, 1.807) is 10.9 Å². The molecular formula is C17H20N6O2S2. The van der Waals surface area contributed by atoms with E-state index in [0.29, 0.717) is 23.3 Å². The lowest BCUT2D eigenvalue weighted by molar-refractivity contribution is -0.113. The van der Waals surface area contributed by atoms with Gasteiger partial charge in [0.2, 0.25) is 11.0 Å². The number of amides is 1. The van der Waals surface area contributed by atoms with Gasteiger partial charge in [0, 0.05) is 13.5 Å². The Bertz CT molecular complexity index is 924. The molecule has 0 saturated heterocycles. The van der Waals surface area contributed by atoms with Crippen LogP contribution in [0.4, 0.5) is 5.13 Å². The fourth-order valence-corrected chi connectivity index (χ4v) is 3.58. The number of aryl methyl sites for hydroxylation is 3. The summed E-state index contributed by atoms with van der Waals surface area (Å²) in [6.07, 6.45) is 2.23. The Morgan fingerprint density at radius 3 is 2.85 bits per heavy atom. The third-order valence-corrected chi connectivity index (χ3v) is 5.71. The quantitative estimate of drug-likeness (QED) is 0.577. The molecule has 1 N–H and O–H groups in total. The van der Waals surface area contributed by atoms with Crippen LogP contribution >= 0.6 is 23.1 Å². The van der Waals surface area contributed by atoms with Crippen LogP contribution in [-0.4, -0.2) is 43.2 Å². The number of benzene rings is 1. The van der Waals surface area contributed by atoms with Crippen molar-refractivity contribution in [1.29, 1.82) is 0 Å². The summed E-state index contributed by atoms with van der Waals surface area (Å²) in [5.41, 5.74) is 2.44. The molecule has 8 nitrogen and oxygen atoms in total. The van der Waals surface area contributed by atoms with E-state index in [1.807, 2.05) is 25.2 Å². The molecule has 0 aliphatic rings. The van der Waals surface area contributed by atoms with Crippen LogP contribution < -0.4 is 10.1 Å². The molecular weight excluding hydrogens is 384 g/mol. The Morgan fingerprint density at radius 2 is 2.11 bits per heavy atom. The van der Waals surface area contributed by atoms with E-state index in [2.05, 4.69) is 39.6 Å². The van der Waals surface area contributed by atoms with Crippen LogP contribution in [0.15, 0.2) is 29.7 Å². The van der Waals surface area contributed by atoms with Gasteiger partial charge in [-0.25, -0.2) is 0 Å². The first kappa shape index (κ1) is 19.3. The predicted molar refractivity (Wildman–Crippen MR) is 105 cm³/mol. The molecule has 0 saturated carbocycles. The normalized spacial score (nSPS) is 10.8. The first-order chi connectivity index (χ1) is 13.0. The molecule has 0 fully saturated rings. The zero-order chi connectivity index (χ0) is 19.2. The second-order valence-electron chi connectivity index (χ2n) is 5.91. The zero-order valence-corrected chi connectivity index (χ0v) is 16.9. The number of ether oxygens (including phenoxy) is 1. The molecule has 0 spiro atoms. The highest BCUT2D eigenvalue weighted by Crippen LogP contribution is 2.19. The summed E-state index contributed by atoms with van der Waals surface area (Å²) in [5.74, 6) is 0.922. The largest absolute Gasteiger partial charge is 0.493 e. The second kappa shape index (κ2) is 8.96. The van der Waals surface area contributed by atoms with Crippen molar-refractivity contribution in [2.24, 2.45) is 7.05 Å². The van der Waals surface area contributed by atoms with Crippen LogP contribution in [-0.2, 0) is 18.3 Å². The van der Waals surface area contributed by atoms with Gasteiger partial charge < -0.3 is 9.30 Å². The molecule has 0 atom stereocenters. The second-order valence-corrected chi connectivity index (χ2v) is 7.91. The number of nitrogens with one attached hydrogen (secondary N) is 1. The Balaban J connectivity index is 1.43. The number of carbonyl (C=O) groups excluding carboxylic acids is 1. The molecule has 2 heterocycles. The summed E-state index contributed by atoms with van der Waals surface area (Å²) >= 11 is 2.67. The Morgan fingerprint density at radius 1 is 1.26 bits per heavy atom. The summed E-state index contributed by atoms with van der Waals surface area (Å²) in [6.45, 7) is 4.64. The smallest absolute Gasteiger partial charge is 0.236 e. The molecule has 3 aromatic rings. The highest BCUT2D eigenvalue weighted by Gasteiger charge is 2.11. The first-order valence-corrected chi connectivity index (χ1v) is 10.1. The van der Waals surface area contributed by atoms with Gasteiger partial charge in [0.25, 0.3) is 0 Å². The number of hydrogen-bond donors (Lipinski definition) is 1. The number of rotatable bonds is 8. The summed E-state index contributed by atoms with van der Waals surface area (Å²) in [4.78, 5) is 12.0. The van der Waals surface area contributed by atoms with E-state index in [9.17, 15) is 4.79 Å². The highest BCUT2D eigenvalue weighted by molar-refractivity contribution is 7.99. The summed E-state index contributed by atoms with van der Waals surface area (Å²) in [5, 5.41) is 20.5. The number of hydrogen-bond acceptors (Lipinski definition) is 8. The molecule has 27 heavy (non-hydrogen) atoms. The van der Waals surface area contributed by atoms with Crippen molar-refractivity contribution in [3.63, 3.8) is 0 Å². The molecule has 0 unspecified atom stereocenters. The van der Waals surface area contributed by atoms with Crippen LogP contribution in [0.5, 0.6) is 5.75 Å². The van der Waals surface area contributed by atoms with Crippen molar-refractivity contribution < 1.29 is 9.53 Å². The molecule has 3 rings (SSSR count). The van der Waals surface area contributed by atoms with Gasteiger partial charge >= 0.3 is 0 Å². The number of aromatic nitrogens is 5. The van der Waals surface area contributed by atoms with Crippen LogP contribution in [0.3, 0.4) is 0 Å². The summed E-state index contributed by atoms with van der Waals surface area (Å²) in [6, 6.07) is 6.03. The number of thioether (sulfide) groups is 1. The van der Waals surface area contributed by atoms with Crippen molar-refractivity contribution in [3.05, 3.63) is 40.7 Å². The molecule has 1 aromatic carbocycles. The van der Waals surface area contributed by atoms with E-state index in [1.165, 1.54) is 34.2 Å². The first-order valence-electron chi connectivity index (χ1n) is 8.30. The third kappa shape index (κ3) is 5.51. The summed E-state index contributed by atoms with van der Waals surface area (Å²) < 4.78 is 7.52. The maximum atomic E-state index is 12.0. The maximum absolute atomic E-state index is 12.0. The minimum Gasteiger partial charge on any atom is -0.493 e. The van der Waals surface area contributed by atoms with Gasteiger partial charge in [0.05, 0.1) is 12.4 Å². The van der Waals surface area contributed by atoms with E-state index in [0.717, 1.165) is 10.8 Å². The van der Waals surface area contributed by atoms with E-state index < -0.39 is 0 Å². The van der Waals surface area contributed by atoms with Gasteiger partial charge in [0.15, 0.2) is 5.16 Å². The third-order valence-electron chi connectivity index (χ3n) is 3.78. The number of nitrogens with zero attached hydrogens (tertiary/aromatic N) is 5. The molecule has 10 heteroatoms. The minimum absolute atomic E-state index is 0.155. The van der Waals surface area contributed by atoms with Crippen LogP contribution in [0, 0.1) is 13.8 Å². The fourth-order valence-electron chi connectivity index (χ4n) is 2.15. The lowest BCUT2D eigenvalue weighted by Gasteiger charge is -2.07. The average Bonchev–Trinajstić information content (AvgIpc) is 3.25.